The van der Waals surface area contributed by atoms with E-state index in [0.29, 0.717) is 16.9 Å². The summed E-state index contributed by atoms with van der Waals surface area (Å²) in [6.07, 6.45) is -1.68. The number of carbonyl (C=O) groups excluding carboxylic acids is 1. The number of sulfonamides is 1. The first-order valence-electron chi connectivity index (χ1n) is 10.3. The van der Waals surface area contributed by atoms with Gasteiger partial charge >= 0.3 is 6.18 Å². The minimum atomic E-state index is -4.55. The lowest BCUT2D eigenvalue weighted by Gasteiger charge is -2.15. The quantitative estimate of drug-likeness (QED) is 0.237. The Morgan fingerprint density at radius 1 is 1.21 bits per heavy atom. The van der Waals surface area contributed by atoms with E-state index in [-0.39, 0.29) is 29.3 Å². The highest BCUT2D eigenvalue weighted by molar-refractivity contribution is 7.99. The second-order valence-electron chi connectivity index (χ2n) is 7.66. The Labute approximate surface area is 195 Å². The molecular weight excluding hydrogens is 480 g/mol. The molecule has 2 aromatic rings. The van der Waals surface area contributed by atoms with Crippen LogP contribution in [0.5, 0.6) is 0 Å². The number of aromatic nitrogens is 1. The molecule has 0 aliphatic rings. The smallest absolute Gasteiger partial charge is 0.299 e. The van der Waals surface area contributed by atoms with Crippen LogP contribution in [0.15, 0.2) is 35.4 Å². The van der Waals surface area contributed by atoms with E-state index in [1.54, 1.807) is 6.92 Å². The third-order valence-electron chi connectivity index (χ3n) is 4.88. The SMILES string of the molecule is CCCCSc1nc(C(F)(F)F)ccc1CCC(=O)C(C)c1ccc(NS(C)(=O)=O)c(F)c1. The molecule has 0 aliphatic heterocycles. The number of Topliss-reactive ketones (excluding diaryl/α,β-unsaturated/α-hetero) is 1. The van der Waals surface area contributed by atoms with Gasteiger partial charge in [-0.3, -0.25) is 9.52 Å². The van der Waals surface area contributed by atoms with E-state index < -0.39 is 33.6 Å². The van der Waals surface area contributed by atoms with Gasteiger partial charge in [-0.25, -0.2) is 17.8 Å². The van der Waals surface area contributed by atoms with E-state index >= 15 is 0 Å². The van der Waals surface area contributed by atoms with Crippen LogP contribution in [0.4, 0.5) is 23.2 Å². The Kier molecular flexibility index (Phi) is 9.30. The lowest BCUT2D eigenvalue weighted by atomic mass is 9.93. The number of unbranched alkanes of at least 4 members (excludes halogenated alkanes) is 1. The number of pyridine rings is 1. The van der Waals surface area contributed by atoms with Gasteiger partial charge in [-0.05, 0) is 47.9 Å². The summed E-state index contributed by atoms with van der Waals surface area (Å²) < 4.78 is 78.0. The van der Waals surface area contributed by atoms with Crippen molar-refractivity contribution in [3.05, 3.63) is 53.0 Å². The van der Waals surface area contributed by atoms with Gasteiger partial charge < -0.3 is 0 Å². The van der Waals surface area contributed by atoms with Crippen molar-refractivity contribution in [2.45, 2.75) is 56.7 Å². The Bertz CT molecular complexity index is 1090. The topological polar surface area (TPSA) is 76.1 Å². The molecule has 0 saturated carbocycles. The van der Waals surface area contributed by atoms with E-state index in [9.17, 15) is 30.8 Å². The standard InChI is InChI=1S/C22H26F4N2O3S2/c1-4-5-12-32-21-15(8-11-20(27-21)22(24,25)26)7-10-19(29)14(2)16-6-9-18(17(23)13-16)28-33(3,30)31/h6,8-9,11,13-14,28H,4-5,7,10,12H2,1-3H3. The first kappa shape index (κ1) is 27.1. The van der Waals surface area contributed by atoms with Crippen molar-refractivity contribution in [3.8, 4) is 0 Å². The minimum absolute atomic E-state index is 0.0422. The predicted molar refractivity (Wildman–Crippen MR) is 121 cm³/mol. The van der Waals surface area contributed by atoms with Crippen LogP contribution in [-0.4, -0.2) is 31.2 Å². The molecule has 11 heteroatoms. The zero-order chi connectivity index (χ0) is 24.8. The summed E-state index contributed by atoms with van der Waals surface area (Å²) in [7, 11) is -3.65. The molecule has 1 heterocycles. The first-order valence-corrected chi connectivity index (χ1v) is 13.2. The van der Waals surface area contributed by atoms with Crippen LogP contribution in [0.1, 0.15) is 55.8 Å². The maximum Gasteiger partial charge on any atom is 0.433 e. The lowest BCUT2D eigenvalue weighted by molar-refractivity contribution is -0.141. The number of ketones is 1. The zero-order valence-electron chi connectivity index (χ0n) is 18.5. The van der Waals surface area contributed by atoms with Gasteiger partial charge in [0.25, 0.3) is 0 Å². The molecule has 1 aromatic heterocycles. The zero-order valence-corrected chi connectivity index (χ0v) is 20.1. The maximum atomic E-state index is 14.2. The molecule has 0 radical (unpaired) electrons. The number of nitrogens with one attached hydrogen (secondary N) is 1. The van der Waals surface area contributed by atoms with Crippen LogP contribution in [0.3, 0.4) is 0 Å². The summed E-state index contributed by atoms with van der Waals surface area (Å²) in [4.78, 5) is 16.5. The van der Waals surface area contributed by atoms with Crippen LogP contribution in [0.25, 0.3) is 0 Å². The normalized spacial score (nSPS) is 13.1. The third kappa shape index (κ3) is 8.29. The van der Waals surface area contributed by atoms with Crippen LogP contribution in [-0.2, 0) is 27.4 Å². The van der Waals surface area contributed by atoms with E-state index in [1.807, 2.05) is 6.92 Å². The largest absolute Gasteiger partial charge is 0.433 e. The summed E-state index contributed by atoms with van der Waals surface area (Å²) in [6, 6.07) is 6.08. The van der Waals surface area contributed by atoms with Gasteiger partial charge in [0, 0.05) is 12.3 Å². The molecule has 0 saturated heterocycles. The predicted octanol–water partition coefficient (Wildman–Crippen LogP) is 5.81. The molecule has 0 spiro atoms. The molecule has 1 atom stereocenters. The molecule has 1 aromatic carbocycles. The lowest BCUT2D eigenvalue weighted by Crippen LogP contribution is -2.14. The maximum absolute atomic E-state index is 14.2. The Morgan fingerprint density at radius 2 is 1.91 bits per heavy atom. The molecule has 0 bridgehead atoms. The average molecular weight is 507 g/mol. The summed E-state index contributed by atoms with van der Waals surface area (Å²) >= 11 is 1.24. The number of aryl methyl sites for hydroxylation is 1. The molecule has 182 valence electrons. The van der Waals surface area contributed by atoms with E-state index in [0.717, 1.165) is 31.2 Å². The van der Waals surface area contributed by atoms with Crippen molar-refractivity contribution in [1.82, 2.24) is 4.98 Å². The monoisotopic (exact) mass is 506 g/mol. The number of rotatable bonds is 11. The minimum Gasteiger partial charge on any atom is -0.299 e. The van der Waals surface area contributed by atoms with Gasteiger partial charge in [0.05, 0.1) is 17.0 Å². The van der Waals surface area contributed by atoms with Crippen molar-refractivity contribution in [2.75, 3.05) is 16.7 Å². The summed E-state index contributed by atoms with van der Waals surface area (Å²) in [5.41, 5.74) is -0.253. The Balaban J connectivity index is 2.13. The van der Waals surface area contributed by atoms with Crippen molar-refractivity contribution in [1.29, 1.82) is 0 Å². The molecule has 33 heavy (non-hydrogen) atoms. The fourth-order valence-corrected chi connectivity index (χ4v) is 4.71. The fraction of sp³-hybridized carbons (Fsp3) is 0.455. The summed E-state index contributed by atoms with van der Waals surface area (Å²) in [5.74, 6) is -1.08. The van der Waals surface area contributed by atoms with E-state index in [4.69, 9.17) is 0 Å². The number of benzene rings is 1. The number of carbonyl (C=O) groups is 1. The van der Waals surface area contributed by atoms with Crippen molar-refractivity contribution < 1.29 is 30.8 Å². The summed E-state index contributed by atoms with van der Waals surface area (Å²) in [5, 5.41) is 0.265. The van der Waals surface area contributed by atoms with Crippen molar-refractivity contribution in [3.63, 3.8) is 0 Å². The first-order chi connectivity index (χ1) is 15.3. The van der Waals surface area contributed by atoms with Gasteiger partial charge in [0.1, 0.15) is 17.3 Å². The average Bonchev–Trinajstić information content (AvgIpc) is 2.72. The molecule has 0 aliphatic carbocycles. The Hall–Kier alpha value is -2.14. The van der Waals surface area contributed by atoms with Gasteiger partial charge in [-0.1, -0.05) is 32.4 Å². The second-order valence-corrected chi connectivity index (χ2v) is 10.5. The van der Waals surface area contributed by atoms with Crippen molar-refractivity contribution >= 4 is 33.3 Å². The number of alkyl halides is 3. The van der Waals surface area contributed by atoms with Gasteiger partial charge in [0.15, 0.2) is 0 Å². The molecular formula is C22H26F4N2O3S2. The van der Waals surface area contributed by atoms with E-state index in [1.165, 1.54) is 30.0 Å². The van der Waals surface area contributed by atoms with Gasteiger partial charge in [-0.2, -0.15) is 13.2 Å². The number of hydrogen-bond acceptors (Lipinski definition) is 5. The number of nitrogens with zero attached hydrogens (tertiary/aromatic N) is 1. The van der Waals surface area contributed by atoms with Gasteiger partial charge in [0.2, 0.25) is 10.0 Å². The van der Waals surface area contributed by atoms with E-state index in [2.05, 4.69) is 9.71 Å². The third-order valence-corrected chi connectivity index (χ3v) is 6.59. The van der Waals surface area contributed by atoms with Crippen LogP contribution >= 0.6 is 11.8 Å². The number of anilines is 1. The molecule has 0 fully saturated rings. The van der Waals surface area contributed by atoms with Gasteiger partial charge in [-0.15, -0.1) is 11.8 Å². The molecule has 0 amide bonds. The highest BCUT2D eigenvalue weighted by Gasteiger charge is 2.33. The highest BCUT2D eigenvalue weighted by Crippen LogP contribution is 2.32. The van der Waals surface area contributed by atoms with Crippen molar-refractivity contribution in [2.24, 2.45) is 0 Å². The van der Waals surface area contributed by atoms with Crippen LogP contribution in [0.2, 0.25) is 0 Å². The molecule has 1 unspecified atom stereocenters. The van der Waals surface area contributed by atoms with Crippen LogP contribution in [0, 0.1) is 5.82 Å². The number of hydrogen-bond donors (Lipinski definition) is 1. The number of halogens is 4. The van der Waals surface area contributed by atoms with Crippen LogP contribution < -0.4 is 4.72 Å². The molecule has 1 N–H and O–H groups in total. The Morgan fingerprint density at radius 3 is 2.48 bits per heavy atom. The fourth-order valence-electron chi connectivity index (χ4n) is 3.00. The second kappa shape index (κ2) is 11.3. The molecule has 2 rings (SSSR count). The molecule has 5 nitrogen and oxygen atoms in total. The number of thioether (sulfide) groups is 1. The highest BCUT2D eigenvalue weighted by atomic mass is 32.2. The summed E-state index contributed by atoms with van der Waals surface area (Å²) in [6.45, 7) is 3.58.